The normalized spacial score (nSPS) is 16.3. The first-order valence-corrected chi connectivity index (χ1v) is 12.1. The minimum atomic E-state index is -3.68. The number of anilines is 1. The van der Waals surface area contributed by atoms with Crippen LogP contribution in [0, 0.1) is 13.8 Å². The molecule has 0 aliphatic carbocycles. The highest BCUT2D eigenvalue weighted by Crippen LogP contribution is 2.25. The molecule has 0 radical (unpaired) electrons. The molecular formula is C23H26N4O5S. The first-order valence-electron chi connectivity index (χ1n) is 10.6. The van der Waals surface area contributed by atoms with Crippen molar-refractivity contribution in [3.05, 3.63) is 59.2 Å². The van der Waals surface area contributed by atoms with Gasteiger partial charge in [0.25, 0.3) is 5.91 Å². The lowest BCUT2D eigenvalue weighted by Crippen LogP contribution is -2.34. The summed E-state index contributed by atoms with van der Waals surface area (Å²) in [6.45, 7) is 4.86. The molecule has 9 nitrogen and oxygen atoms in total. The molecule has 1 aliphatic heterocycles. The van der Waals surface area contributed by atoms with Gasteiger partial charge >= 0.3 is 6.01 Å². The maximum atomic E-state index is 12.8. The number of likely N-dealkylation sites (N-methyl/N-ethyl adjacent to an activating group) is 1. The second-order valence-corrected chi connectivity index (χ2v) is 10.2. The van der Waals surface area contributed by atoms with Gasteiger partial charge in [-0.2, -0.15) is 4.31 Å². The Morgan fingerprint density at radius 1 is 1.15 bits per heavy atom. The quantitative estimate of drug-likeness (QED) is 0.563. The van der Waals surface area contributed by atoms with Gasteiger partial charge in [0, 0.05) is 31.3 Å². The number of carbonyl (C=O) groups excluding carboxylic acids is 1. The number of hydrogen-bond donors (Lipinski definition) is 1. The Kier molecular flexibility index (Phi) is 6.59. The highest BCUT2D eigenvalue weighted by Gasteiger charge is 2.26. The molecule has 0 spiro atoms. The molecule has 1 saturated heterocycles. The van der Waals surface area contributed by atoms with Crippen LogP contribution in [0.2, 0.25) is 0 Å². The van der Waals surface area contributed by atoms with Gasteiger partial charge in [0.05, 0.1) is 11.0 Å². The molecule has 0 bridgehead atoms. The van der Waals surface area contributed by atoms with E-state index in [0.717, 1.165) is 29.5 Å². The van der Waals surface area contributed by atoms with E-state index in [-0.39, 0.29) is 22.6 Å². The predicted molar refractivity (Wildman–Crippen MR) is 122 cm³/mol. The summed E-state index contributed by atoms with van der Waals surface area (Å²) in [5.74, 6) is -0.176. The van der Waals surface area contributed by atoms with Crippen molar-refractivity contribution in [2.45, 2.75) is 37.7 Å². The molecule has 1 atom stereocenters. The third-order valence-electron chi connectivity index (χ3n) is 5.58. The van der Waals surface area contributed by atoms with Crippen LogP contribution in [0.5, 0.6) is 0 Å². The van der Waals surface area contributed by atoms with Crippen LogP contribution in [0.15, 0.2) is 51.8 Å². The molecule has 3 aromatic rings. The van der Waals surface area contributed by atoms with Crippen LogP contribution in [0.4, 0.5) is 6.01 Å². The van der Waals surface area contributed by atoms with Crippen molar-refractivity contribution in [2.75, 3.05) is 25.5 Å². The van der Waals surface area contributed by atoms with E-state index in [9.17, 15) is 13.2 Å². The molecular weight excluding hydrogens is 444 g/mol. The number of benzene rings is 2. The molecule has 10 heteroatoms. The summed E-state index contributed by atoms with van der Waals surface area (Å²) in [5.41, 5.74) is 3.09. The van der Waals surface area contributed by atoms with E-state index >= 15 is 0 Å². The second-order valence-electron chi connectivity index (χ2n) is 8.13. The van der Waals surface area contributed by atoms with E-state index in [1.54, 1.807) is 0 Å². The summed E-state index contributed by atoms with van der Waals surface area (Å²) in [7, 11) is -2.15. The number of aryl methyl sites for hydroxylation is 2. The Hall–Kier alpha value is -3.08. The minimum absolute atomic E-state index is 0.0381. The molecule has 1 aliphatic rings. The van der Waals surface area contributed by atoms with Crippen molar-refractivity contribution < 1.29 is 22.4 Å². The van der Waals surface area contributed by atoms with Crippen LogP contribution < -0.4 is 5.32 Å². The summed E-state index contributed by atoms with van der Waals surface area (Å²) < 4.78 is 38.0. The number of rotatable bonds is 7. The Morgan fingerprint density at radius 3 is 2.61 bits per heavy atom. The van der Waals surface area contributed by atoms with Gasteiger partial charge in [-0.1, -0.05) is 22.8 Å². The van der Waals surface area contributed by atoms with Crippen molar-refractivity contribution in [1.82, 2.24) is 14.5 Å². The fourth-order valence-corrected chi connectivity index (χ4v) is 4.85. The molecule has 1 fully saturated rings. The molecule has 1 amide bonds. The first kappa shape index (κ1) is 23.1. The lowest BCUT2D eigenvalue weighted by atomic mass is 10.1. The zero-order chi connectivity index (χ0) is 23.6. The number of ether oxygens (including phenoxy) is 1. The monoisotopic (exact) mass is 470 g/mol. The smallest absolute Gasteiger partial charge is 0.322 e. The van der Waals surface area contributed by atoms with Crippen molar-refractivity contribution in [3.8, 4) is 11.5 Å². The average molecular weight is 471 g/mol. The fourth-order valence-electron chi connectivity index (χ4n) is 3.65. The molecule has 0 saturated carbocycles. The molecule has 2 aromatic carbocycles. The Balaban J connectivity index is 1.43. The van der Waals surface area contributed by atoms with Crippen LogP contribution >= 0.6 is 0 Å². The molecule has 1 aromatic heterocycles. The maximum absolute atomic E-state index is 12.8. The summed E-state index contributed by atoms with van der Waals surface area (Å²) in [4.78, 5) is 12.7. The number of nitrogens with zero attached hydrogens (tertiary/aromatic N) is 3. The van der Waals surface area contributed by atoms with Crippen molar-refractivity contribution >= 4 is 21.9 Å². The Bertz CT molecular complexity index is 1250. The highest BCUT2D eigenvalue weighted by molar-refractivity contribution is 7.89. The van der Waals surface area contributed by atoms with Crippen molar-refractivity contribution in [3.63, 3.8) is 0 Å². The van der Waals surface area contributed by atoms with E-state index < -0.39 is 15.9 Å². The van der Waals surface area contributed by atoms with Crippen LogP contribution in [0.25, 0.3) is 11.5 Å². The first-order chi connectivity index (χ1) is 15.7. The summed E-state index contributed by atoms with van der Waals surface area (Å²) >= 11 is 0. The van der Waals surface area contributed by atoms with Crippen LogP contribution in [-0.2, 0) is 14.8 Å². The average Bonchev–Trinajstić information content (AvgIpc) is 3.47. The van der Waals surface area contributed by atoms with Crippen LogP contribution in [-0.4, -0.2) is 55.1 Å². The minimum Gasteiger partial charge on any atom is -0.403 e. The predicted octanol–water partition coefficient (Wildman–Crippen LogP) is 3.41. The Morgan fingerprint density at radius 2 is 1.91 bits per heavy atom. The summed E-state index contributed by atoms with van der Waals surface area (Å²) in [6.07, 6.45) is 1.70. The topological polar surface area (TPSA) is 115 Å². The van der Waals surface area contributed by atoms with Gasteiger partial charge in [-0.25, -0.2) is 8.42 Å². The molecule has 33 heavy (non-hydrogen) atoms. The lowest BCUT2D eigenvalue weighted by molar-refractivity contribution is 0.0979. The Labute approximate surface area is 192 Å². The third-order valence-corrected chi connectivity index (χ3v) is 7.42. The van der Waals surface area contributed by atoms with E-state index in [1.807, 2.05) is 32.0 Å². The third kappa shape index (κ3) is 5.13. The summed E-state index contributed by atoms with van der Waals surface area (Å²) in [6, 6.07) is 11.6. The number of nitrogens with one attached hydrogen (secondary N) is 1. The van der Waals surface area contributed by atoms with Crippen molar-refractivity contribution in [2.24, 2.45) is 0 Å². The zero-order valence-corrected chi connectivity index (χ0v) is 19.6. The largest absolute Gasteiger partial charge is 0.403 e. The van der Waals surface area contributed by atoms with E-state index in [0.29, 0.717) is 19.0 Å². The number of carbonyl (C=O) groups is 1. The van der Waals surface area contributed by atoms with E-state index in [1.165, 1.54) is 35.6 Å². The molecule has 174 valence electrons. The van der Waals surface area contributed by atoms with Crippen LogP contribution in [0.1, 0.15) is 34.3 Å². The van der Waals surface area contributed by atoms with Crippen LogP contribution in [0.3, 0.4) is 0 Å². The van der Waals surface area contributed by atoms with Gasteiger partial charge in [0.15, 0.2) is 0 Å². The molecule has 1 unspecified atom stereocenters. The molecule has 4 rings (SSSR count). The molecule has 2 heterocycles. The maximum Gasteiger partial charge on any atom is 0.322 e. The SMILES string of the molecule is Cc1ccc(C)c(-c2nnc(NC(=O)c3ccc(S(=O)(=O)N(C)CC4CCCO4)cc3)o2)c1. The second kappa shape index (κ2) is 9.42. The summed E-state index contributed by atoms with van der Waals surface area (Å²) in [5, 5.41) is 10.5. The van der Waals surface area contributed by atoms with Gasteiger partial charge in [-0.3, -0.25) is 10.1 Å². The number of hydrogen-bond acceptors (Lipinski definition) is 7. The lowest BCUT2D eigenvalue weighted by Gasteiger charge is -2.20. The van der Waals surface area contributed by atoms with Gasteiger partial charge in [-0.15, -0.1) is 5.10 Å². The molecule has 1 N–H and O–H groups in total. The standard InChI is InChI=1S/C23H26N4O5S/c1-15-6-7-16(2)20(13-15)22-25-26-23(32-22)24-21(28)17-8-10-19(11-9-17)33(29,30)27(3)14-18-5-4-12-31-18/h6-11,13,18H,4-5,12,14H2,1-3H3,(H,24,26,28). The van der Waals surface area contributed by atoms with Gasteiger partial charge in [0.2, 0.25) is 15.9 Å². The van der Waals surface area contributed by atoms with Gasteiger partial charge in [-0.05, 0) is 62.6 Å². The van der Waals surface area contributed by atoms with Gasteiger partial charge < -0.3 is 9.15 Å². The zero-order valence-electron chi connectivity index (χ0n) is 18.7. The number of sulfonamides is 1. The number of aromatic nitrogens is 2. The highest BCUT2D eigenvalue weighted by atomic mass is 32.2. The van der Waals surface area contributed by atoms with Gasteiger partial charge in [0.1, 0.15) is 0 Å². The van der Waals surface area contributed by atoms with Crippen molar-refractivity contribution in [1.29, 1.82) is 0 Å². The van der Waals surface area contributed by atoms with E-state index in [2.05, 4.69) is 15.5 Å². The fraction of sp³-hybridized carbons (Fsp3) is 0.348. The van der Waals surface area contributed by atoms with E-state index in [4.69, 9.17) is 9.15 Å². The number of amides is 1.